The number of rotatable bonds is 88. The van der Waals surface area contributed by atoms with Gasteiger partial charge < -0.3 is 133 Å². The van der Waals surface area contributed by atoms with E-state index in [1.54, 1.807) is 0 Å². The SMILES string of the molecule is CCCCCCOCCOCCOc1cccc(OCCOCCOCCCCCC)c1.CCCCOCCOCCOCCOc1ccccc1OCCOCCOCCOCCCC.CCOCCOCCOCCOc1ccccc1OCCOCCOCCOCC.CCOCCOCCOc1cccc(OCCOCCOCC)c1. The fourth-order valence-electron chi connectivity index (χ4n) is 9.78. The van der Waals surface area contributed by atoms with Crippen molar-refractivity contribution < 1.29 is 133 Å². The van der Waals surface area contributed by atoms with Crippen molar-refractivity contribution in [2.24, 2.45) is 0 Å². The minimum absolute atomic E-state index is 0.439. The highest BCUT2D eigenvalue weighted by Crippen LogP contribution is 2.28. The summed E-state index contributed by atoms with van der Waals surface area (Å²) in [7, 11) is 0. The molecule has 0 saturated carbocycles. The van der Waals surface area contributed by atoms with Gasteiger partial charge in [0.05, 0.1) is 211 Å². The number of ether oxygens (including phenoxy) is 28. The smallest absolute Gasteiger partial charge is 0.161 e. The van der Waals surface area contributed by atoms with Gasteiger partial charge in [0, 0.05) is 65.0 Å². The third-order valence-electron chi connectivity index (χ3n) is 16.1. The van der Waals surface area contributed by atoms with Gasteiger partial charge >= 0.3 is 0 Å². The second-order valence-electron chi connectivity index (χ2n) is 26.0. The highest BCUT2D eigenvalue weighted by Gasteiger charge is 2.09. The largest absolute Gasteiger partial charge is 0.491 e. The number of hydrogen-bond donors (Lipinski definition) is 0. The molecule has 0 spiro atoms. The molecule has 696 valence electrons. The van der Waals surface area contributed by atoms with Crippen LogP contribution in [0.5, 0.6) is 46.0 Å². The van der Waals surface area contributed by atoms with Crippen molar-refractivity contribution in [3.8, 4) is 46.0 Å². The van der Waals surface area contributed by atoms with E-state index >= 15 is 0 Å². The fourth-order valence-corrected chi connectivity index (χ4v) is 9.78. The minimum Gasteiger partial charge on any atom is -0.491 e. The molecule has 0 aliphatic rings. The molecule has 0 bridgehead atoms. The zero-order valence-corrected chi connectivity index (χ0v) is 75.1. The Morgan fingerprint density at radius 1 is 0.142 bits per heavy atom. The molecule has 0 amide bonds. The molecular weight excluding hydrogens is 1550 g/mol. The van der Waals surface area contributed by atoms with Gasteiger partial charge in [0.1, 0.15) is 75.9 Å². The molecule has 0 aliphatic heterocycles. The molecule has 0 radical (unpaired) electrons. The van der Waals surface area contributed by atoms with E-state index in [4.69, 9.17) is 133 Å². The predicted molar refractivity (Wildman–Crippen MR) is 467 cm³/mol. The van der Waals surface area contributed by atoms with Crippen molar-refractivity contribution in [3.05, 3.63) is 97.1 Å². The molecule has 0 saturated heterocycles. The van der Waals surface area contributed by atoms with Crippen molar-refractivity contribution in [1.29, 1.82) is 0 Å². The Bertz CT molecular complexity index is 2470. The van der Waals surface area contributed by atoms with Crippen LogP contribution in [0.4, 0.5) is 0 Å². The second-order valence-corrected chi connectivity index (χ2v) is 26.0. The summed E-state index contributed by atoms with van der Waals surface area (Å²) >= 11 is 0. The molecule has 0 unspecified atom stereocenters. The summed E-state index contributed by atoms with van der Waals surface area (Å²) in [5.41, 5.74) is 0. The number of hydrogen-bond acceptors (Lipinski definition) is 28. The van der Waals surface area contributed by atoms with Crippen molar-refractivity contribution in [2.45, 2.75) is 132 Å². The molecule has 0 aliphatic carbocycles. The summed E-state index contributed by atoms with van der Waals surface area (Å²) in [5.74, 6) is 5.83. The fraction of sp³-hybridized carbons (Fsp3) is 0.739. The Morgan fingerprint density at radius 3 is 0.500 bits per heavy atom. The van der Waals surface area contributed by atoms with E-state index in [-0.39, 0.29) is 0 Å². The summed E-state index contributed by atoms with van der Waals surface area (Å²) < 4.78 is 154. The van der Waals surface area contributed by atoms with Gasteiger partial charge in [-0.3, -0.25) is 0 Å². The second kappa shape index (κ2) is 95.7. The Balaban J connectivity index is 0.000000805. The van der Waals surface area contributed by atoms with Crippen LogP contribution in [0.1, 0.15) is 132 Å². The van der Waals surface area contributed by atoms with Crippen LogP contribution in [0, 0.1) is 0 Å². The molecule has 0 atom stereocenters. The van der Waals surface area contributed by atoms with Gasteiger partial charge in [0.2, 0.25) is 0 Å². The lowest BCUT2D eigenvalue weighted by molar-refractivity contribution is 0.00745. The zero-order chi connectivity index (χ0) is 86.2. The number of para-hydroxylation sites is 4. The Hall–Kier alpha value is -5.52. The van der Waals surface area contributed by atoms with Gasteiger partial charge in [-0.15, -0.1) is 0 Å². The first kappa shape index (κ1) is 112. The first-order valence-electron chi connectivity index (χ1n) is 44.4. The maximum absolute atomic E-state index is 5.79. The van der Waals surface area contributed by atoms with E-state index in [0.29, 0.717) is 314 Å². The average molecular weight is 1710 g/mol. The molecule has 28 heteroatoms. The first-order chi connectivity index (χ1) is 59.5. The molecule has 0 N–H and O–H groups in total. The molecular formula is C92H160O28. The van der Waals surface area contributed by atoms with Gasteiger partial charge in [-0.2, -0.15) is 0 Å². The van der Waals surface area contributed by atoms with E-state index in [1.165, 1.54) is 38.5 Å². The molecule has 120 heavy (non-hydrogen) atoms. The lowest BCUT2D eigenvalue weighted by Gasteiger charge is -2.13. The molecule has 0 heterocycles. The lowest BCUT2D eigenvalue weighted by Crippen LogP contribution is -2.14. The van der Waals surface area contributed by atoms with Gasteiger partial charge in [-0.1, -0.05) is 115 Å². The first-order valence-corrected chi connectivity index (χ1v) is 44.4. The summed E-state index contributed by atoms with van der Waals surface area (Å²) in [6.45, 7) is 44.6. The number of benzene rings is 4. The van der Waals surface area contributed by atoms with E-state index in [0.717, 1.165) is 88.0 Å². The van der Waals surface area contributed by atoms with Crippen molar-refractivity contribution in [3.63, 3.8) is 0 Å². The van der Waals surface area contributed by atoms with E-state index in [9.17, 15) is 0 Å². The van der Waals surface area contributed by atoms with Crippen LogP contribution in [-0.4, -0.2) is 317 Å². The van der Waals surface area contributed by atoms with Gasteiger partial charge in [-0.25, -0.2) is 0 Å². The van der Waals surface area contributed by atoms with Gasteiger partial charge in [0.25, 0.3) is 0 Å². The highest BCUT2D eigenvalue weighted by atomic mass is 16.6. The third-order valence-corrected chi connectivity index (χ3v) is 16.1. The van der Waals surface area contributed by atoms with Crippen molar-refractivity contribution >= 4 is 0 Å². The van der Waals surface area contributed by atoms with Crippen LogP contribution in [0.15, 0.2) is 97.1 Å². The molecule has 4 aromatic carbocycles. The topological polar surface area (TPSA) is 258 Å². The quantitative estimate of drug-likeness (QED) is 0.0372. The zero-order valence-electron chi connectivity index (χ0n) is 75.1. The molecule has 28 nitrogen and oxygen atoms in total. The van der Waals surface area contributed by atoms with Crippen molar-refractivity contribution in [1.82, 2.24) is 0 Å². The Morgan fingerprint density at radius 2 is 0.308 bits per heavy atom. The Kier molecular flexibility index (Phi) is 89.7. The van der Waals surface area contributed by atoms with Gasteiger partial charge in [0.15, 0.2) is 23.0 Å². The third kappa shape index (κ3) is 79.6. The monoisotopic (exact) mass is 1710 g/mol. The van der Waals surface area contributed by atoms with Crippen LogP contribution >= 0.6 is 0 Å². The summed E-state index contributed by atoms with van der Waals surface area (Å²) in [6.07, 6.45) is 14.3. The molecule has 0 aromatic heterocycles. The van der Waals surface area contributed by atoms with E-state index in [1.807, 2.05) is 125 Å². The summed E-state index contributed by atoms with van der Waals surface area (Å²) in [6, 6.07) is 30.4. The molecule has 4 aromatic rings. The summed E-state index contributed by atoms with van der Waals surface area (Å²) in [4.78, 5) is 0. The minimum atomic E-state index is 0.439. The van der Waals surface area contributed by atoms with Crippen LogP contribution in [0.3, 0.4) is 0 Å². The average Bonchev–Trinajstić information content (AvgIpc) is 0.898. The van der Waals surface area contributed by atoms with Crippen LogP contribution in [-0.2, 0) is 94.7 Å². The Labute approximate surface area is 722 Å². The van der Waals surface area contributed by atoms with Gasteiger partial charge in [-0.05, 0) is 102 Å². The molecule has 0 fully saturated rings. The summed E-state index contributed by atoms with van der Waals surface area (Å²) in [5, 5.41) is 0. The van der Waals surface area contributed by atoms with Crippen LogP contribution in [0.2, 0.25) is 0 Å². The maximum Gasteiger partial charge on any atom is 0.161 e. The van der Waals surface area contributed by atoms with Crippen LogP contribution < -0.4 is 37.9 Å². The van der Waals surface area contributed by atoms with Crippen LogP contribution in [0.25, 0.3) is 0 Å². The standard InChI is InChI=1S/C26H46O8.C26H46O6.C22H38O8.C18H30O6/c1-3-5-11-27-13-15-29-17-19-31-21-23-33-25-9-7-8-10-26(25)34-24-22-32-20-18-30-16-14-28-12-6-4-2;1-3-5-7-9-14-27-16-18-29-20-22-31-25-12-11-13-26(24-25)32-23-21-30-19-17-28-15-10-8-6-4-2;1-3-23-9-11-25-13-15-27-17-19-29-21-7-5-6-8-22(21)30-20-18-28-16-14-26-12-10-24-4-2;1-3-19-8-10-21-12-14-23-17-6-5-7-18(16-17)24-15-13-22-11-9-20-4-2/h7-10H,3-6,11-24H2,1-2H3;11-13,24H,3-10,14-23H2,1-2H3;5-8H,3-4,9-20H2,1-2H3;5-7,16H,3-4,8-15H2,1-2H3. The van der Waals surface area contributed by atoms with Crippen molar-refractivity contribution in [2.75, 3.05) is 317 Å². The normalized spacial score (nSPS) is 11.0. The molecule has 4 rings (SSSR count). The lowest BCUT2D eigenvalue weighted by atomic mass is 10.2. The highest BCUT2D eigenvalue weighted by molar-refractivity contribution is 5.40. The van der Waals surface area contributed by atoms with E-state index < -0.39 is 0 Å². The van der Waals surface area contributed by atoms with E-state index in [2.05, 4.69) is 27.7 Å². The number of unbranched alkanes of at least 4 members (excludes halogenated alkanes) is 8. The maximum atomic E-state index is 5.79. The predicted octanol–water partition coefficient (Wildman–Crippen LogP) is 14.9.